The molecule has 1 amide bonds. The van der Waals surface area contributed by atoms with Gasteiger partial charge in [-0.15, -0.1) is 0 Å². The van der Waals surface area contributed by atoms with Gasteiger partial charge in [-0.1, -0.05) is 24.3 Å². The Labute approximate surface area is 226 Å². The van der Waals surface area contributed by atoms with E-state index in [1.54, 1.807) is 43.4 Å². The second-order valence-corrected chi connectivity index (χ2v) is 9.08. The molecule has 3 aromatic carbocycles. The standard InChI is InChI=1S/C31H31NO7/c1-5-37-24-14-12-20(18-26(24)38-6-2)28-27-29(33)21-9-7-8-10-22(21)39-30(27)31(34)32(28)16-15-19-11-13-23(35-3)25(17-19)36-4/h7-14,17-18,28H,5-6,15-16H2,1-4H3. The molecule has 0 fully saturated rings. The van der Waals surface area contributed by atoms with Crippen molar-refractivity contribution in [2.75, 3.05) is 34.0 Å². The number of para-hydroxylation sites is 1. The second-order valence-electron chi connectivity index (χ2n) is 9.08. The number of rotatable bonds is 10. The first-order valence-electron chi connectivity index (χ1n) is 13.0. The molecule has 8 nitrogen and oxygen atoms in total. The predicted octanol–water partition coefficient (Wildman–Crippen LogP) is 5.40. The Morgan fingerprint density at radius 2 is 1.54 bits per heavy atom. The van der Waals surface area contributed by atoms with Crippen molar-refractivity contribution in [3.05, 3.63) is 93.3 Å². The maximum atomic E-state index is 13.8. The number of amides is 1. The summed E-state index contributed by atoms with van der Waals surface area (Å²) in [6.45, 7) is 5.07. The minimum absolute atomic E-state index is 0.0721. The summed E-state index contributed by atoms with van der Waals surface area (Å²) < 4.78 is 28.5. The largest absolute Gasteiger partial charge is 0.493 e. The third-order valence-corrected chi connectivity index (χ3v) is 6.85. The number of carbonyl (C=O) groups is 1. The van der Waals surface area contributed by atoms with Gasteiger partial charge in [0.1, 0.15) is 5.58 Å². The highest BCUT2D eigenvalue weighted by atomic mass is 16.5. The lowest BCUT2D eigenvalue weighted by molar-refractivity contribution is 0.0729. The van der Waals surface area contributed by atoms with E-state index in [0.717, 1.165) is 11.1 Å². The molecule has 0 saturated heterocycles. The maximum absolute atomic E-state index is 13.8. The molecule has 4 aromatic rings. The summed E-state index contributed by atoms with van der Waals surface area (Å²) in [7, 11) is 3.17. The number of benzene rings is 3. The van der Waals surface area contributed by atoms with Crippen LogP contribution in [0, 0.1) is 0 Å². The van der Waals surface area contributed by atoms with Crippen molar-refractivity contribution in [3.8, 4) is 23.0 Å². The fourth-order valence-corrected chi connectivity index (χ4v) is 5.07. The molecule has 39 heavy (non-hydrogen) atoms. The highest BCUT2D eigenvalue weighted by molar-refractivity contribution is 5.99. The smallest absolute Gasteiger partial charge is 0.290 e. The van der Waals surface area contributed by atoms with Crippen LogP contribution in [0.15, 0.2) is 69.9 Å². The number of fused-ring (bicyclic) bond motifs is 2. The van der Waals surface area contributed by atoms with E-state index in [4.69, 9.17) is 23.4 Å². The van der Waals surface area contributed by atoms with Crippen LogP contribution < -0.4 is 24.4 Å². The number of hydrogen-bond acceptors (Lipinski definition) is 7. The van der Waals surface area contributed by atoms with E-state index in [2.05, 4.69) is 0 Å². The summed E-state index contributed by atoms with van der Waals surface area (Å²) in [4.78, 5) is 29.3. The van der Waals surface area contributed by atoms with Crippen molar-refractivity contribution >= 4 is 16.9 Å². The summed E-state index contributed by atoms with van der Waals surface area (Å²) in [5, 5.41) is 0.437. The lowest BCUT2D eigenvalue weighted by Crippen LogP contribution is -2.31. The minimum atomic E-state index is -0.650. The summed E-state index contributed by atoms with van der Waals surface area (Å²) in [6.07, 6.45) is 0.527. The molecule has 1 aliphatic rings. The molecule has 1 aliphatic heterocycles. The molecular weight excluding hydrogens is 498 g/mol. The van der Waals surface area contributed by atoms with Crippen LogP contribution in [-0.2, 0) is 6.42 Å². The van der Waals surface area contributed by atoms with Gasteiger partial charge in [-0.2, -0.15) is 0 Å². The summed E-state index contributed by atoms with van der Waals surface area (Å²) in [6, 6.07) is 17.6. The van der Waals surface area contributed by atoms with Gasteiger partial charge in [0, 0.05) is 6.54 Å². The highest BCUT2D eigenvalue weighted by Gasteiger charge is 2.42. The number of ether oxygens (including phenoxy) is 4. The van der Waals surface area contributed by atoms with Crippen LogP contribution in [0.1, 0.15) is 47.1 Å². The van der Waals surface area contributed by atoms with Crippen LogP contribution in [0.25, 0.3) is 11.0 Å². The van der Waals surface area contributed by atoms with Gasteiger partial charge in [0.15, 0.2) is 28.4 Å². The molecule has 1 aromatic heterocycles. The van der Waals surface area contributed by atoms with Gasteiger partial charge in [-0.25, -0.2) is 0 Å². The van der Waals surface area contributed by atoms with Crippen LogP contribution in [0.3, 0.4) is 0 Å². The maximum Gasteiger partial charge on any atom is 0.290 e. The third-order valence-electron chi connectivity index (χ3n) is 6.85. The van der Waals surface area contributed by atoms with E-state index in [-0.39, 0.29) is 17.1 Å². The van der Waals surface area contributed by atoms with Gasteiger partial charge in [-0.05, 0) is 67.8 Å². The molecule has 2 heterocycles. The van der Waals surface area contributed by atoms with Gasteiger partial charge < -0.3 is 28.3 Å². The fourth-order valence-electron chi connectivity index (χ4n) is 5.07. The zero-order chi connectivity index (χ0) is 27.5. The molecule has 0 radical (unpaired) electrons. The van der Waals surface area contributed by atoms with Crippen LogP contribution in [-0.4, -0.2) is 44.8 Å². The Kier molecular flexibility index (Phi) is 7.45. The Morgan fingerprint density at radius 1 is 0.821 bits per heavy atom. The Balaban J connectivity index is 1.60. The van der Waals surface area contributed by atoms with Crippen LogP contribution >= 0.6 is 0 Å². The quantitative estimate of drug-likeness (QED) is 0.272. The number of hydrogen-bond donors (Lipinski definition) is 0. The molecular formula is C31H31NO7. The van der Waals surface area contributed by atoms with E-state index in [1.807, 2.05) is 50.2 Å². The zero-order valence-electron chi connectivity index (χ0n) is 22.5. The van der Waals surface area contributed by atoms with Crippen molar-refractivity contribution in [1.82, 2.24) is 4.90 Å². The first-order chi connectivity index (χ1) is 19.0. The topological polar surface area (TPSA) is 87.4 Å². The number of methoxy groups -OCH3 is 2. The van der Waals surface area contributed by atoms with Gasteiger partial charge in [0.2, 0.25) is 5.76 Å². The van der Waals surface area contributed by atoms with Crippen molar-refractivity contribution in [1.29, 1.82) is 0 Å². The number of carbonyl (C=O) groups excluding carboxylic acids is 1. The van der Waals surface area contributed by atoms with Crippen molar-refractivity contribution in [2.24, 2.45) is 0 Å². The van der Waals surface area contributed by atoms with E-state index in [0.29, 0.717) is 65.7 Å². The highest BCUT2D eigenvalue weighted by Crippen LogP contribution is 2.41. The number of nitrogens with zero attached hydrogens (tertiary/aromatic N) is 1. The Bertz CT molecular complexity index is 1580. The minimum Gasteiger partial charge on any atom is -0.493 e. The Hall–Kier alpha value is -4.46. The molecule has 0 N–H and O–H groups in total. The first kappa shape index (κ1) is 26.2. The molecule has 0 bridgehead atoms. The molecule has 0 saturated carbocycles. The third kappa shape index (κ3) is 4.78. The molecule has 202 valence electrons. The van der Waals surface area contributed by atoms with Gasteiger partial charge >= 0.3 is 0 Å². The average molecular weight is 530 g/mol. The van der Waals surface area contributed by atoms with E-state index < -0.39 is 6.04 Å². The van der Waals surface area contributed by atoms with Crippen LogP contribution in [0.5, 0.6) is 23.0 Å². The Morgan fingerprint density at radius 3 is 2.28 bits per heavy atom. The fraction of sp³-hybridized carbons (Fsp3) is 0.290. The first-order valence-corrected chi connectivity index (χ1v) is 13.0. The van der Waals surface area contributed by atoms with Gasteiger partial charge in [-0.3, -0.25) is 9.59 Å². The van der Waals surface area contributed by atoms with Crippen LogP contribution in [0.2, 0.25) is 0 Å². The van der Waals surface area contributed by atoms with Crippen molar-refractivity contribution in [2.45, 2.75) is 26.3 Å². The van der Waals surface area contributed by atoms with E-state index in [1.165, 1.54) is 0 Å². The molecule has 1 atom stereocenters. The lowest BCUT2D eigenvalue weighted by atomic mass is 9.97. The van der Waals surface area contributed by atoms with Crippen molar-refractivity contribution < 1.29 is 28.2 Å². The van der Waals surface area contributed by atoms with Gasteiger partial charge in [0.25, 0.3) is 5.91 Å². The molecule has 0 spiro atoms. The van der Waals surface area contributed by atoms with E-state index >= 15 is 0 Å². The van der Waals surface area contributed by atoms with Crippen molar-refractivity contribution in [3.63, 3.8) is 0 Å². The summed E-state index contributed by atoms with van der Waals surface area (Å²) in [5.74, 6) is 2.15. The summed E-state index contributed by atoms with van der Waals surface area (Å²) in [5.41, 5.74) is 2.20. The van der Waals surface area contributed by atoms with E-state index in [9.17, 15) is 9.59 Å². The predicted molar refractivity (Wildman–Crippen MR) is 147 cm³/mol. The normalized spacial score (nSPS) is 14.4. The molecule has 8 heteroatoms. The molecule has 1 unspecified atom stereocenters. The lowest BCUT2D eigenvalue weighted by Gasteiger charge is -2.26. The SMILES string of the molecule is CCOc1ccc(C2c3c(oc4ccccc4c3=O)C(=O)N2CCc2ccc(OC)c(OC)c2)cc1OCC. The molecule has 5 rings (SSSR count). The molecule has 0 aliphatic carbocycles. The van der Waals surface area contributed by atoms with Crippen LogP contribution in [0.4, 0.5) is 0 Å². The second kappa shape index (κ2) is 11.1. The summed E-state index contributed by atoms with van der Waals surface area (Å²) >= 11 is 0. The van der Waals surface area contributed by atoms with Gasteiger partial charge in [0.05, 0.1) is 44.4 Å². The zero-order valence-corrected chi connectivity index (χ0v) is 22.5. The average Bonchev–Trinajstić information content (AvgIpc) is 3.24. The monoisotopic (exact) mass is 529 g/mol.